The molecule has 0 aliphatic carbocycles. The molecule has 0 saturated heterocycles. The van der Waals surface area contributed by atoms with Crippen LogP contribution in [-0.4, -0.2) is 16.1 Å². The van der Waals surface area contributed by atoms with Gasteiger partial charge in [0.05, 0.1) is 4.92 Å². The number of hydrogen-bond donors (Lipinski definition) is 1. The molecule has 0 unspecified atom stereocenters. The lowest BCUT2D eigenvalue weighted by Crippen LogP contribution is -2.18. The number of hydrogen-bond acceptors (Lipinski definition) is 4. The van der Waals surface area contributed by atoms with Gasteiger partial charge in [-0.1, -0.05) is 12.1 Å². The molecule has 78 valence electrons. The molecule has 1 aromatic rings. The van der Waals surface area contributed by atoms with E-state index >= 15 is 0 Å². The van der Waals surface area contributed by atoms with Crippen LogP contribution >= 0.6 is 11.6 Å². The van der Waals surface area contributed by atoms with E-state index in [-0.39, 0.29) is 11.4 Å². The summed E-state index contributed by atoms with van der Waals surface area (Å²) in [7, 11) is 0. The van der Waals surface area contributed by atoms with Gasteiger partial charge in [-0.05, 0) is 17.7 Å². The van der Waals surface area contributed by atoms with Crippen LogP contribution < -0.4 is 5.32 Å². The van der Waals surface area contributed by atoms with Crippen LogP contribution in [0.25, 0.3) is 0 Å². The van der Waals surface area contributed by atoms with Crippen molar-refractivity contribution in [2.75, 3.05) is 5.32 Å². The molecule has 1 N–H and O–H groups in total. The maximum Gasteiger partial charge on any atom is 0.310 e. The van der Waals surface area contributed by atoms with Crippen molar-refractivity contribution in [2.24, 2.45) is 0 Å². The van der Waals surface area contributed by atoms with Crippen molar-refractivity contribution in [3.63, 3.8) is 0 Å². The number of halogens is 1. The minimum absolute atomic E-state index is 0.0681. The van der Waals surface area contributed by atoms with Gasteiger partial charge in [-0.25, -0.2) is 0 Å². The fourth-order valence-corrected chi connectivity index (χ4v) is 0.957. The Bertz CT molecular complexity index is 432. The van der Waals surface area contributed by atoms with Gasteiger partial charge in [0.1, 0.15) is 5.69 Å². The number of nitro groups is 1. The monoisotopic (exact) mass is 228 g/mol. The molecule has 1 aromatic carbocycles. The SMILES string of the molecule is O=C(Cl)C(=O)Nc1ccccc1[N+](=O)[O-]. The molecule has 0 spiro atoms. The fraction of sp³-hybridized carbons (Fsp3) is 0. The number of para-hydroxylation sites is 2. The summed E-state index contributed by atoms with van der Waals surface area (Å²) in [5, 5.41) is 11.3. The third-order valence-corrected chi connectivity index (χ3v) is 1.70. The third-order valence-electron chi connectivity index (χ3n) is 1.53. The summed E-state index contributed by atoms with van der Waals surface area (Å²) < 4.78 is 0. The molecule has 0 saturated carbocycles. The topological polar surface area (TPSA) is 89.3 Å². The molecular weight excluding hydrogens is 224 g/mol. The van der Waals surface area contributed by atoms with Crippen molar-refractivity contribution >= 4 is 34.1 Å². The first-order valence-corrected chi connectivity index (χ1v) is 4.14. The lowest BCUT2D eigenvalue weighted by atomic mass is 10.2. The van der Waals surface area contributed by atoms with Gasteiger partial charge < -0.3 is 5.32 Å². The van der Waals surface area contributed by atoms with Crippen molar-refractivity contribution in [1.82, 2.24) is 0 Å². The van der Waals surface area contributed by atoms with Crippen LogP contribution in [0.15, 0.2) is 24.3 Å². The minimum Gasteiger partial charge on any atom is -0.313 e. The molecular formula is C8H5ClN2O4. The first kappa shape index (κ1) is 11.1. The van der Waals surface area contributed by atoms with Crippen LogP contribution in [0.3, 0.4) is 0 Å². The zero-order valence-corrected chi connectivity index (χ0v) is 8.02. The van der Waals surface area contributed by atoms with Gasteiger partial charge >= 0.3 is 11.1 Å². The summed E-state index contributed by atoms with van der Waals surface area (Å²) in [4.78, 5) is 31.1. The summed E-state index contributed by atoms with van der Waals surface area (Å²) in [6, 6.07) is 5.43. The number of benzene rings is 1. The summed E-state index contributed by atoms with van der Waals surface area (Å²) in [5.41, 5.74) is -0.370. The van der Waals surface area contributed by atoms with Gasteiger partial charge in [-0.2, -0.15) is 0 Å². The van der Waals surface area contributed by atoms with Gasteiger partial charge in [0.2, 0.25) is 0 Å². The summed E-state index contributed by atoms with van der Waals surface area (Å²) in [6.45, 7) is 0. The Hall–Kier alpha value is -1.95. The number of rotatable bonds is 3. The zero-order valence-electron chi connectivity index (χ0n) is 7.27. The highest BCUT2D eigenvalue weighted by Crippen LogP contribution is 2.22. The molecule has 6 nitrogen and oxygen atoms in total. The van der Waals surface area contributed by atoms with E-state index in [0.29, 0.717) is 0 Å². The van der Waals surface area contributed by atoms with Crippen LogP contribution in [-0.2, 0) is 9.59 Å². The van der Waals surface area contributed by atoms with Crippen molar-refractivity contribution in [3.05, 3.63) is 34.4 Å². The van der Waals surface area contributed by atoms with Crippen LogP contribution in [0.4, 0.5) is 11.4 Å². The Morgan fingerprint density at radius 3 is 2.47 bits per heavy atom. The van der Waals surface area contributed by atoms with E-state index in [4.69, 9.17) is 11.6 Å². The van der Waals surface area contributed by atoms with E-state index in [2.05, 4.69) is 0 Å². The van der Waals surface area contributed by atoms with Crippen LogP contribution in [0.1, 0.15) is 0 Å². The molecule has 0 fully saturated rings. The largest absolute Gasteiger partial charge is 0.313 e. The Morgan fingerprint density at radius 2 is 1.93 bits per heavy atom. The molecule has 0 heterocycles. The van der Waals surface area contributed by atoms with E-state index in [0.717, 1.165) is 0 Å². The Labute approximate surface area is 89.0 Å². The van der Waals surface area contributed by atoms with E-state index in [1.165, 1.54) is 24.3 Å². The third kappa shape index (κ3) is 2.75. The standard InChI is InChI=1S/C8H5ClN2O4/c9-7(12)8(13)10-5-3-1-2-4-6(5)11(14)15/h1-4H,(H,10,13). The maximum atomic E-state index is 10.9. The lowest BCUT2D eigenvalue weighted by Gasteiger charge is -2.01. The van der Waals surface area contributed by atoms with Crippen molar-refractivity contribution in [3.8, 4) is 0 Å². The van der Waals surface area contributed by atoms with E-state index in [1.807, 2.05) is 5.32 Å². The van der Waals surface area contributed by atoms with E-state index in [1.54, 1.807) is 0 Å². The van der Waals surface area contributed by atoms with E-state index in [9.17, 15) is 19.7 Å². The fourth-order valence-electron chi connectivity index (χ4n) is 0.910. The highest BCUT2D eigenvalue weighted by molar-refractivity contribution is 6.82. The highest BCUT2D eigenvalue weighted by Gasteiger charge is 2.17. The lowest BCUT2D eigenvalue weighted by molar-refractivity contribution is -0.383. The summed E-state index contributed by atoms with van der Waals surface area (Å²) in [5.74, 6) is -1.11. The molecule has 1 rings (SSSR count). The van der Waals surface area contributed by atoms with Crippen molar-refractivity contribution < 1.29 is 14.5 Å². The smallest absolute Gasteiger partial charge is 0.310 e. The van der Waals surface area contributed by atoms with Crippen LogP contribution in [0, 0.1) is 10.1 Å². The average molecular weight is 229 g/mol. The normalized spacial score (nSPS) is 9.40. The number of carbonyl (C=O) groups excluding carboxylic acids is 2. The number of nitrogens with one attached hydrogen (secondary N) is 1. The quantitative estimate of drug-likeness (QED) is 0.365. The van der Waals surface area contributed by atoms with Gasteiger partial charge in [0.25, 0.3) is 5.69 Å². The zero-order chi connectivity index (χ0) is 11.4. The average Bonchev–Trinajstić information content (AvgIpc) is 2.18. The van der Waals surface area contributed by atoms with Gasteiger partial charge in [0.15, 0.2) is 0 Å². The van der Waals surface area contributed by atoms with Gasteiger partial charge in [-0.3, -0.25) is 19.7 Å². The molecule has 0 atom stereocenters. The Morgan fingerprint density at radius 1 is 1.33 bits per heavy atom. The predicted molar refractivity (Wildman–Crippen MR) is 52.6 cm³/mol. The molecule has 0 bridgehead atoms. The maximum absolute atomic E-state index is 10.9. The summed E-state index contributed by atoms with van der Waals surface area (Å²) in [6.07, 6.45) is 0. The van der Waals surface area contributed by atoms with E-state index < -0.39 is 16.1 Å². The number of amides is 1. The molecule has 0 aliphatic rings. The van der Waals surface area contributed by atoms with Gasteiger partial charge in [-0.15, -0.1) is 0 Å². The first-order valence-electron chi connectivity index (χ1n) is 3.76. The van der Waals surface area contributed by atoms with Crippen molar-refractivity contribution in [1.29, 1.82) is 0 Å². The van der Waals surface area contributed by atoms with Crippen LogP contribution in [0.2, 0.25) is 0 Å². The molecule has 15 heavy (non-hydrogen) atoms. The van der Waals surface area contributed by atoms with Crippen LogP contribution in [0.5, 0.6) is 0 Å². The molecule has 0 aliphatic heterocycles. The highest BCUT2D eigenvalue weighted by atomic mass is 35.5. The second kappa shape index (κ2) is 4.52. The van der Waals surface area contributed by atoms with Crippen molar-refractivity contribution in [2.45, 2.75) is 0 Å². The predicted octanol–water partition coefficient (Wildman–Crippen LogP) is 1.30. The number of anilines is 1. The second-order valence-electron chi connectivity index (χ2n) is 2.50. The first-order chi connectivity index (χ1) is 7.02. The number of carbonyl (C=O) groups is 2. The Balaban J connectivity index is 2.99. The minimum atomic E-state index is -1.23. The Kier molecular flexibility index (Phi) is 3.35. The number of nitrogens with zero attached hydrogens (tertiary/aromatic N) is 1. The van der Waals surface area contributed by atoms with Gasteiger partial charge in [0, 0.05) is 6.07 Å². The summed E-state index contributed by atoms with van der Waals surface area (Å²) >= 11 is 4.89. The molecule has 7 heteroatoms. The molecule has 0 aromatic heterocycles. The number of nitro benzene ring substituents is 1. The molecule has 0 radical (unpaired) electrons. The second-order valence-corrected chi connectivity index (χ2v) is 2.85. The molecule has 1 amide bonds.